The molecule has 1 saturated heterocycles. The maximum Gasteiger partial charge on any atom is 0.470 e. The molecule has 0 spiro atoms. The standard InChI is InChI=1S/C14H26NO14P/c1-4(18)15-7-10(22)9(21)6(3-17)28-13(7)12(24)14(29-30(25,26)27)11(23)8(20)5(19)2-16/h5-11,13-14,16-17,19-23H,2-3H2,1H3,(H,15,18)(H2,25,26,27)/t5-,6-,7-,8-,9-,10-,11+,13?,14+/m1/s1/i/hD. The number of Topliss-reactive ketones (excluding diaryl/α,β-unsaturated/α-hetero) is 1. The molecule has 1 fully saturated rings. The number of carbonyl (C=O) groups excluding carboxylic acids is 2. The van der Waals surface area contributed by atoms with Crippen molar-refractivity contribution in [1.29, 1.82) is 1.43 Å². The van der Waals surface area contributed by atoms with Crippen LogP contribution in [0.3, 0.4) is 0 Å². The number of ketones is 1. The van der Waals surface area contributed by atoms with Gasteiger partial charge in [0.1, 0.15) is 42.7 Å². The number of phosphoric ester groups is 1. The van der Waals surface area contributed by atoms with Gasteiger partial charge < -0.3 is 55.6 Å². The van der Waals surface area contributed by atoms with Crippen LogP contribution >= 0.6 is 7.82 Å². The third kappa shape index (κ3) is 6.71. The number of hydrogen-bond donors (Lipinski definition) is 10. The van der Waals surface area contributed by atoms with Crippen molar-refractivity contribution in [2.75, 3.05) is 13.2 Å². The number of rotatable bonds is 11. The summed E-state index contributed by atoms with van der Waals surface area (Å²) in [6, 6.07) is -1.71. The molecule has 10 N–H and O–H groups in total. The third-order valence-electron chi connectivity index (χ3n) is 4.35. The summed E-state index contributed by atoms with van der Waals surface area (Å²) in [7, 11) is -5.34. The Morgan fingerprint density at radius 3 is 2.27 bits per heavy atom. The van der Waals surface area contributed by atoms with E-state index in [9.17, 15) is 49.7 Å². The molecule has 176 valence electrons. The Labute approximate surface area is 171 Å². The molecule has 0 aromatic heterocycles. The summed E-state index contributed by atoms with van der Waals surface area (Å²) in [5.74, 6) is -2.32. The van der Waals surface area contributed by atoms with E-state index in [2.05, 4.69) is 14.7 Å². The van der Waals surface area contributed by atoms with Crippen LogP contribution in [0, 0.1) is 0 Å². The van der Waals surface area contributed by atoms with Crippen LogP contribution in [0.4, 0.5) is 0 Å². The van der Waals surface area contributed by atoms with Gasteiger partial charge in [-0.3, -0.25) is 14.1 Å². The van der Waals surface area contributed by atoms with Gasteiger partial charge in [0.2, 0.25) is 7.34 Å². The quantitative estimate of drug-likeness (QED) is 0.128. The Kier molecular flexibility index (Phi) is 9.23. The predicted octanol–water partition coefficient (Wildman–Crippen LogP) is -5.91. The molecule has 0 aromatic rings. The van der Waals surface area contributed by atoms with Gasteiger partial charge in [0.05, 0.1) is 19.3 Å². The monoisotopic (exact) mass is 464 g/mol. The van der Waals surface area contributed by atoms with Crippen molar-refractivity contribution < 1.29 is 68.9 Å². The summed E-state index contributed by atoms with van der Waals surface area (Å²) >= 11 is 0. The van der Waals surface area contributed by atoms with E-state index < -0.39 is 87.6 Å². The van der Waals surface area contributed by atoms with Crippen LogP contribution in [0.5, 0.6) is 0 Å². The number of carbonyl (C=O) groups is 2. The number of hydrogen-bond acceptors (Lipinski definition) is 13. The lowest BCUT2D eigenvalue weighted by molar-refractivity contribution is -0.204. The Bertz CT molecular complexity index is 669. The zero-order valence-electron chi connectivity index (χ0n) is 16.6. The second kappa shape index (κ2) is 11.0. The van der Waals surface area contributed by atoms with Gasteiger partial charge in [-0.1, -0.05) is 0 Å². The highest BCUT2D eigenvalue weighted by Gasteiger charge is 2.52. The molecular weight excluding hydrogens is 437 g/mol. The van der Waals surface area contributed by atoms with E-state index in [1.54, 1.807) is 0 Å². The lowest BCUT2D eigenvalue weighted by Crippen LogP contribution is -2.67. The molecule has 0 aromatic carbocycles. The number of phosphoric acid groups is 1. The zero-order chi connectivity index (χ0) is 24.1. The molecule has 1 aliphatic heterocycles. The fourth-order valence-corrected chi connectivity index (χ4v) is 3.37. The highest BCUT2D eigenvalue weighted by atomic mass is 31.2. The lowest BCUT2D eigenvalue weighted by atomic mass is 9.87. The molecule has 1 rings (SSSR count). The number of nitrogens with one attached hydrogen (secondary N) is 1. The summed E-state index contributed by atoms with van der Waals surface area (Å²) < 4.78 is 27.8. The maximum atomic E-state index is 13.0. The summed E-state index contributed by atoms with van der Waals surface area (Å²) in [4.78, 5) is 37.3. The molecule has 1 heterocycles. The molecule has 15 nitrogen and oxygen atoms in total. The van der Waals surface area contributed by atoms with E-state index >= 15 is 0 Å². The first-order chi connectivity index (χ1) is 14.3. The van der Waals surface area contributed by atoms with Crippen molar-refractivity contribution >= 4 is 19.5 Å². The third-order valence-corrected chi connectivity index (χ3v) is 4.84. The van der Waals surface area contributed by atoms with Gasteiger partial charge in [-0.2, -0.15) is 0 Å². The Hall–Kier alpha value is -1.07. The molecule has 30 heavy (non-hydrogen) atoms. The van der Waals surface area contributed by atoms with Gasteiger partial charge in [-0.05, 0) is 0 Å². The van der Waals surface area contributed by atoms with Crippen LogP contribution < -0.4 is 5.32 Å². The second-order valence-electron chi connectivity index (χ2n) is 6.61. The van der Waals surface area contributed by atoms with Gasteiger partial charge >= 0.3 is 7.82 Å². The maximum absolute atomic E-state index is 13.0. The molecule has 2 unspecified atom stereocenters. The average molecular weight is 464 g/mol. The highest BCUT2D eigenvalue weighted by molar-refractivity contribution is 7.46. The first-order valence-electron chi connectivity index (χ1n) is 8.96. The minimum Gasteiger partial charge on any atom is -0.394 e. The van der Waals surface area contributed by atoms with Crippen molar-refractivity contribution in [3.63, 3.8) is 0 Å². The van der Waals surface area contributed by atoms with Gasteiger partial charge in [-0.15, -0.1) is 0 Å². The highest BCUT2D eigenvalue weighted by Crippen LogP contribution is 2.40. The normalized spacial score (nSPS) is 33.5. The summed E-state index contributed by atoms with van der Waals surface area (Å²) in [5, 5.41) is 70.2. The van der Waals surface area contributed by atoms with Crippen molar-refractivity contribution in [3.8, 4) is 0 Å². The van der Waals surface area contributed by atoms with Crippen LogP contribution in [0.25, 0.3) is 0 Å². The van der Waals surface area contributed by atoms with Crippen LogP contribution in [-0.2, 0) is 23.4 Å². The van der Waals surface area contributed by atoms with E-state index in [0.29, 0.717) is 0 Å². The number of aliphatic hydroxyl groups excluding tert-OH is 7. The summed E-state index contributed by atoms with van der Waals surface area (Å²) in [6.07, 6.45) is -16.7. The smallest absolute Gasteiger partial charge is 0.394 e. The minimum absolute atomic E-state index is 0.809. The van der Waals surface area contributed by atoms with Gasteiger partial charge in [0.25, 0.3) is 0 Å². The minimum atomic E-state index is -5.34. The van der Waals surface area contributed by atoms with Gasteiger partial charge in [-0.25, -0.2) is 4.57 Å². The van der Waals surface area contributed by atoms with Crippen LogP contribution in [0.1, 0.15) is 6.92 Å². The van der Waals surface area contributed by atoms with E-state index in [4.69, 9.17) is 11.3 Å². The lowest BCUT2D eigenvalue weighted by Gasteiger charge is -2.43. The summed E-state index contributed by atoms with van der Waals surface area (Å²) in [6.45, 7) is -1.03. The molecule has 0 aliphatic carbocycles. The molecule has 0 bridgehead atoms. The van der Waals surface area contributed by atoms with Crippen LogP contribution in [0.2, 0.25) is 0 Å². The van der Waals surface area contributed by atoms with E-state index in [-0.39, 0.29) is 0 Å². The van der Waals surface area contributed by atoms with Crippen molar-refractivity contribution in [2.45, 2.75) is 61.8 Å². The van der Waals surface area contributed by atoms with E-state index in [1.165, 1.54) is 0 Å². The number of aliphatic hydroxyl groups is 7. The number of ether oxygens (including phenoxy) is 1. The molecule has 16 heteroatoms. The Balaban J connectivity index is 3.37. The molecule has 1 aliphatic rings. The van der Waals surface area contributed by atoms with Gasteiger partial charge in [0, 0.05) is 6.92 Å². The zero-order valence-corrected chi connectivity index (χ0v) is 16.5. The fourth-order valence-electron chi connectivity index (χ4n) is 2.86. The first kappa shape index (κ1) is 25.2. The SMILES string of the molecule is [2H]OP(=O)(O)O[C@H](C(=O)C1O[C@H](CO)[C@@H](O)[C@H](O)[C@H]1NC(C)=O)[C@@H](O)[C@H](O)[C@H](O)CO. The second-order valence-corrected chi connectivity index (χ2v) is 7.76. The van der Waals surface area contributed by atoms with Gasteiger partial charge in [0.15, 0.2) is 11.9 Å². The predicted molar refractivity (Wildman–Crippen MR) is 92.4 cm³/mol. The van der Waals surface area contributed by atoms with Crippen molar-refractivity contribution in [1.82, 2.24) is 5.32 Å². The van der Waals surface area contributed by atoms with E-state index in [1.807, 2.05) is 0 Å². The Morgan fingerprint density at radius 2 is 1.80 bits per heavy atom. The number of amides is 1. The van der Waals surface area contributed by atoms with Crippen LogP contribution in [-0.4, -0.2) is 127 Å². The molecule has 10 atom stereocenters. The first-order valence-corrected chi connectivity index (χ1v) is 10.0. The molecule has 0 radical (unpaired) electrons. The largest absolute Gasteiger partial charge is 0.470 e. The topological polar surface area (TPSA) is 264 Å². The Morgan fingerprint density at radius 1 is 1.20 bits per heavy atom. The molecule has 1 amide bonds. The molecule has 0 saturated carbocycles. The summed E-state index contributed by atoms with van der Waals surface area (Å²) in [5.41, 5.74) is 0. The van der Waals surface area contributed by atoms with Crippen molar-refractivity contribution in [2.24, 2.45) is 0 Å². The average Bonchev–Trinajstić information content (AvgIpc) is 2.73. The van der Waals surface area contributed by atoms with Crippen LogP contribution in [0.15, 0.2) is 0 Å². The molecular formula is C14H26NO14P. The fraction of sp³-hybridized carbons (Fsp3) is 0.857. The van der Waals surface area contributed by atoms with E-state index in [0.717, 1.165) is 6.92 Å². The van der Waals surface area contributed by atoms with Crippen molar-refractivity contribution in [3.05, 3.63) is 0 Å².